The summed E-state index contributed by atoms with van der Waals surface area (Å²) in [7, 11) is 0. The second-order valence-electron chi connectivity index (χ2n) is 14.4. The van der Waals surface area contributed by atoms with Crippen molar-refractivity contribution < 1.29 is 8.83 Å². The molecule has 10 aromatic rings. The molecule has 0 spiro atoms. The van der Waals surface area contributed by atoms with E-state index in [1.54, 1.807) is 0 Å². The third-order valence-electron chi connectivity index (χ3n) is 11.0. The number of para-hydroxylation sites is 2. The molecular formula is C48H32N2O2. The SMILES string of the molecule is CC1(C)c2cc3ccc4ccc(N(c5ccccc5)c5ccc6oc7ccccc7c6c5)cc4c3cc2-c2cc3oc(-c4ccccc4)nc3cc21. The molecule has 2 aromatic heterocycles. The van der Waals surface area contributed by atoms with E-state index in [1.165, 1.54) is 43.8 Å². The number of oxazole rings is 1. The molecule has 0 aliphatic heterocycles. The maximum absolute atomic E-state index is 6.37. The number of anilines is 3. The molecule has 0 radical (unpaired) electrons. The lowest BCUT2D eigenvalue weighted by molar-refractivity contribution is 0.619. The fraction of sp³-hybridized carbons (Fsp3) is 0.0625. The maximum atomic E-state index is 6.37. The van der Waals surface area contributed by atoms with Crippen molar-refractivity contribution in [2.75, 3.05) is 4.90 Å². The summed E-state index contributed by atoms with van der Waals surface area (Å²) in [4.78, 5) is 7.26. The molecule has 0 bridgehead atoms. The van der Waals surface area contributed by atoms with Crippen molar-refractivity contribution in [2.45, 2.75) is 19.3 Å². The Hall–Kier alpha value is -6.65. The molecule has 0 saturated carbocycles. The van der Waals surface area contributed by atoms with Crippen LogP contribution in [0.25, 0.3) is 77.2 Å². The Morgan fingerprint density at radius 3 is 1.94 bits per heavy atom. The first-order valence-corrected chi connectivity index (χ1v) is 17.8. The highest BCUT2D eigenvalue weighted by Crippen LogP contribution is 2.52. The Morgan fingerprint density at radius 1 is 0.462 bits per heavy atom. The molecule has 4 nitrogen and oxygen atoms in total. The summed E-state index contributed by atoms with van der Waals surface area (Å²) in [5.74, 6) is 0.650. The van der Waals surface area contributed by atoms with Crippen molar-refractivity contribution in [1.82, 2.24) is 4.98 Å². The minimum Gasteiger partial charge on any atom is -0.456 e. The van der Waals surface area contributed by atoms with Gasteiger partial charge in [0.1, 0.15) is 16.7 Å². The predicted molar refractivity (Wildman–Crippen MR) is 214 cm³/mol. The van der Waals surface area contributed by atoms with Crippen molar-refractivity contribution >= 4 is 71.6 Å². The van der Waals surface area contributed by atoms with E-state index in [-0.39, 0.29) is 5.41 Å². The molecule has 0 fully saturated rings. The molecular weight excluding hydrogens is 637 g/mol. The predicted octanol–water partition coefficient (Wildman–Crippen LogP) is 13.5. The molecule has 8 aromatic carbocycles. The van der Waals surface area contributed by atoms with E-state index in [1.807, 2.05) is 42.5 Å². The summed E-state index contributed by atoms with van der Waals surface area (Å²) in [6.45, 7) is 4.65. The van der Waals surface area contributed by atoms with Crippen LogP contribution in [0.15, 0.2) is 167 Å². The van der Waals surface area contributed by atoms with E-state index < -0.39 is 0 Å². The van der Waals surface area contributed by atoms with Gasteiger partial charge in [0.05, 0.1) is 0 Å². The minimum atomic E-state index is -0.185. The monoisotopic (exact) mass is 668 g/mol. The molecule has 0 atom stereocenters. The van der Waals surface area contributed by atoms with Gasteiger partial charge in [-0.1, -0.05) is 86.6 Å². The van der Waals surface area contributed by atoms with Crippen LogP contribution in [0, 0.1) is 0 Å². The van der Waals surface area contributed by atoms with Crippen molar-refractivity contribution in [2.24, 2.45) is 0 Å². The van der Waals surface area contributed by atoms with Crippen molar-refractivity contribution in [3.8, 4) is 22.6 Å². The van der Waals surface area contributed by atoms with Crippen LogP contribution in [0.4, 0.5) is 17.1 Å². The van der Waals surface area contributed by atoms with Crippen LogP contribution in [-0.4, -0.2) is 4.98 Å². The highest BCUT2D eigenvalue weighted by atomic mass is 16.3. The molecule has 2 heterocycles. The number of nitrogens with zero attached hydrogens (tertiary/aromatic N) is 2. The van der Waals surface area contributed by atoms with Crippen LogP contribution < -0.4 is 4.90 Å². The first-order valence-electron chi connectivity index (χ1n) is 17.8. The van der Waals surface area contributed by atoms with Crippen molar-refractivity contribution in [3.63, 3.8) is 0 Å². The topological polar surface area (TPSA) is 42.4 Å². The van der Waals surface area contributed by atoms with Crippen LogP contribution in [0.2, 0.25) is 0 Å². The van der Waals surface area contributed by atoms with Crippen LogP contribution in [0.5, 0.6) is 0 Å². The number of aromatic nitrogens is 1. The normalized spacial score (nSPS) is 13.3. The van der Waals surface area contributed by atoms with Gasteiger partial charge in [0, 0.05) is 38.8 Å². The number of benzene rings is 8. The highest BCUT2D eigenvalue weighted by Gasteiger charge is 2.37. The highest BCUT2D eigenvalue weighted by molar-refractivity contribution is 6.12. The van der Waals surface area contributed by atoms with Crippen LogP contribution in [-0.2, 0) is 5.41 Å². The minimum absolute atomic E-state index is 0.185. The summed E-state index contributed by atoms with van der Waals surface area (Å²) in [6, 6.07) is 56.1. The Labute approximate surface area is 300 Å². The van der Waals surface area contributed by atoms with Gasteiger partial charge in [-0.2, -0.15) is 0 Å². The molecule has 1 aliphatic rings. The average molecular weight is 669 g/mol. The number of hydrogen-bond acceptors (Lipinski definition) is 4. The Morgan fingerprint density at radius 2 is 1.10 bits per heavy atom. The third kappa shape index (κ3) is 4.24. The first kappa shape index (κ1) is 29.1. The third-order valence-corrected chi connectivity index (χ3v) is 11.0. The molecule has 52 heavy (non-hydrogen) atoms. The summed E-state index contributed by atoms with van der Waals surface area (Å²) < 4.78 is 12.6. The van der Waals surface area contributed by atoms with Gasteiger partial charge in [-0.15, -0.1) is 0 Å². The number of rotatable bonds is 4. The standard InChI is InChI=1S/C48H32N2O2/c1-48(2)41-23-31-18-17-29-19-20-33(50(32-13-7-4-8-14-32)34-21-22-45-40(25-34)35-15-9-10-16-44(35)51-45)24-36(29)37(31)26-38(41)39-27-46-43(28-42(39)48)49-47(52-46)30-11-5-3-6-12-30/h3-28H,1-2H3. The fourth-order valence-electron chi connectivity index (χ4n) is 8.41. The number of hydrogen-bond donors (Lipinski definition) is 0. The molecule has 0 unspecified atom stereocenters. The van der Waals surface area contributed by atoms with Gasteiger partial charge >= 0.3 is 0 Å². The van der Waals surface area contributed by atoms with Gasteiger partial charge in [0.2, 0.25) is 5.89 Å². The maximum Gasteiger partial charge on any atom is 0.227 e. The molecule has 0 saturated heterocycles. The number of furan rings is 1. The van der Waals surface area contributed by atoms with E-state index in [4.69, 9.17) is 13.8 Å². The summed E-state index contributed by atoms with van der Waals surface area (Å²) >= 11 is 0. The van der Waals surface area contributed by atoms with E-state index in [2.05, 4.69) is 134 Å². The van der Waals surface area contributed by atoms with E-state index in [9.17, 15) is 0 Å². The van der Waals surface area contributed by atoms with Gasteiger partial charge in [0.25, 0.3) is 0 Å². The lowest BCUT2D eigenvalue weighted by atomic mass is 9.81. The second-order valence-corrected chi connectivity index (χ2v) is 14.4. The lowest BCUT2D eigenvalue weighted by Gasteiger charge is -2.26. The average Bonchev–Trinajstić information content (AvgIpc) is 3.84. The zero-order chi connectivity index (χ0) is 34.6. The quantitative estimate of drug-likeness (QED) is 0.175. The Balaban J connectivity index is 1.10. The van der Waals surface area contributed by atoms with Crippen molar-refractivity contribution in [1.29, 1.82) is 0 Å². The molecule has 1 aliphatic carbocycles. The van der Waals surface area contributed by atoms with E-state index in [0.717, 1.165) is 55.7 Å². The van der Waals surface area contributed by atoms with Crippen molar-refractivity contribution in [3.05, 3.63) is 169 Å². The van der Waals surface area contributed by atoms with Crippen LogP contribution >= 0.6 is 0 Å². The number of fused-ring (bicyclic) bond motifs is 10. The van der Waals surface area contributed by atoms with Gasteiger partial charge in [-0.25, -0.2) is 4.98 Å². The molecule has 246 valence electrons. The Bertz CT molecular complexity index is 3040. The fourth-order valence-corrected chi connectivity index (χ4v) is 8.41. The van der Waals surface area contributed by atoms with E-state index in [0.29, 0.717) is 5.89 Å². The summed E-state index contributed by atoms with van der Waals surface area (Å²) in [6.07, 6.45) is 0. The molecule has 11 rings (SSSR count). The van der Waals surface area contributed by atoms with Gasteiger partial charge in [-0.05, 0) is 129 Å². The lowest BCUT2D eigenvalue weighted by Crippen LogP contribution is -2.14. The smallest absolute Gasteiger partial charge is 0.227 e. The zero-order valence-corrected chi connectivity index (χ0v) is 28.7. The van der Waals surface area contributed by atoms with Gasteiger partial charge in [0.15, 0.2) is 5.58 Å². The van der Waals surface area contributed by atoms with Crippen LogP contribution in [0.1, 0.15) is 25.0 Å². The van der Waals surface area contributed by atoms with Gasteiger partial charge in [-0.3, -0.25) is 0 Å². The Kier molecular flexibility index (Phi) is 5.98. The molecule has 4 heteroatoms. The van der Waals surface area contributed by atoms with E-state index >= 15 is 0 Å². The molecule has 0 amide bonds. The zero-order valence-electron chi connectivity index (χ0n) is 28.7. The van der Waals surface area contributed by atoms with Gasteiger partial charge < -0.3 is 13.7 Å². The molecule has 0 N–H and O–H groups in total. The van der Waals surface area contributed by atoms with Crippen LogP contribution in [0.3, 0.4) is 0 Å². The largest absolute Gasteiger partial charge is 0.456 e. The first-order chi connectivity index (χ1) is 25.5. The second kappa shape index (κ2) is 10.7. The summed E-state index contributed by atoms with van der Waals surface area (Å²) in [5, 5.41) is 7.11. The summed E-state index contributed by atoms with van der Waals surface area (Å²) in [5.41, 5.74) is 12.6.